The maximum absolute atomic E-state index is 13.7. The van der Waals surface area contributed by atoms with E-state index in [-0.39, 0.29) is 44.9 Å². The van der Waals surface area contributed by atoms with Gasteiger partial charge in [-0.2, -0.15) is 13.2 Å². The van der Waals surface area contributed by atoms with Crippen molar-refractivity contribution in [2.75, 3.05) is 50.8 Å². The number of nitrogens with zero attached hydrogens (tertiary/aromatic N) is 4. The van der Waals surface area contributed by atoms with Crippen molar-refractivity contribution in [1.82, 2.24) is 14.2 Å². The molecular formula is C26H32F3N5O4S. The van der Waals surface area contributed by atoms with Crippen molar-refractivity contribution in [1.29, 1.82) is 0 Å². The second-order valence-electron chi connectivity index (χ2n) is 9.62. The fourth-order valence-corrected chi connectivity index (χ4v) is 6.52. The summed E-state index contributed by atoms with van der Waals surface area (Å²) in [7, 11) is -1.66. The van der Waals surface area contributed by atoms with Gasteiger partial charge < -0.3 is 20.3 Å². The number of aromatic nitrogens is 1. The van der Waals surface area contributed by atoms with Crippen LogP contribution in [0.2, 0.25) is 0 Å². The van der Waals surface area contributed by atoms with Crippen molar-refractivity contribution < 1.29 is 31.7 Å². The van der Waals surface area contributed by atoms with E-state index >= 15 is 0 Å². The molecule has 4 rings (SSSR count). The van der Waals surface area contributed by atoms with Gasteiger partial charge >= 0.3 is 6.18 Å². The third kappa shape index (κ3) is 7.07. The van der Waals surface area contributed by atoms with E-state index in [1.165, 1.54) is 6.20 Å². The fourth-order valence-electron chi connectivity index (χ4n) is 4.82. The van der Waals surface area contributed by atoms with Gasteiger partial charge in [0.1, 0.15) is 21.5 Å². The average molecular weight is 568 g/mol. The predicted octanol–water partition coefficient (Wildman–Crippen LogP) is 2.75. The molecule has 2 aromatic rings. The molecule has 1 atom stereocenters. The summed E-state index contributed by atoms with van der Waals surface area (Å²) < 4.78 is 56.4. The molecule has 1 aromatic heterocycles. The smallest absolute Gasteiger partial charge is 0.389 e. The number of halogens is 3. The molecule has 2 N–H and O–H groups in total. The number of hydrogen-bond donors (Lipinski definition) is 1. The first-order chi connectivity index (χ1) is 18.6. The zero-order valence-electron chi connectivity index (χ0n) is 21.4. The van der Waals surface area contributed by atoms with E-state index < -0.39 is 34.2 Å². The number of pyridine rings is 1. The zero-order valence-corrected chi connectivity index (χ0v) is 22.3. The molecule has 3 heterocycles. The summed E-state index contributed by atoms with van der Waals surface area (Å²) in [6, 6.07) is 10.5. The predicted molar refractivity (Wildman–Crippen MR) is 140 cm³/mol. The number of alkyl halides is 3. The van der Waals surface area contributed by atoms with Crippen LogP contribution in [0.25, 0.3) is 0 Å². The van der Waals surface area contributed by atoms with E-state index in [0.717, 1.165) is 5.69 Å². The lowest BCUT2D eigenvalue weighted by molar-refractivity contribution is -0.136. The van der Waals surface area contributed by atoms with Crippen LogP contribution in [0.5, 0.6) is 5.75 Å². The topological polar surface area (TPSA) is 109 Å². The van der Waals surface area contributed by atoms with Crippen LogP contribution in [0, 0.1) is 0 Å². The maximum Gasteiger partial charge on any atom is 0.389 e. The van der Waals surface area contributed by atoms with E-state index in [0.29, 0.717) is 37.5 Å². The van der Waals surface area contributed by atoms with Crippen molar-refractivity contribution in [3.05, 3.63) is 54.4 Å². The molecule has 212 valence electrons. The molecule has 2 aliphatic rings. The highest BCUT2D eigenvalue weighted by Gasteiger charge is 2.49. The monoisotopic (exact) mass is 567 g/mol. The standard InChI is InChI=1S/C26H32F3N5O4S/c27-26(28,29)8-2-18-38-22-6-4-21(5-7-22)32-14-16-34(17-15-32)39(37)25(24(30)36)9-12-33(13-10-25)23(35)20-3-1-11-31-19-20/h1,3-7,11,19H,2,8-10,12-18H2,(H2,30,36). The van der Waals surface area contributed by atoms with Crippen LogP contribution in [0.1, 0.15) is 36.0 Å². The van der Waals surface area contributed by atoms with E-state index in [4.69, 9.17) is 10.5 Å². The summed E-state index contributed by atoms with van der Waals surface area (Å²) in [4.78, 5) is 33.1. The number of carbonyl (C=O) groups is 2. The molecule has 9 nitrogen and oxygen atoms in total. The summed E-state index contributed by atoms with van der Waals surface area (Å²) in [5.41, 5.74) is 7.16. The number of rotatable bonds is 9. The first kappa shape index (κ1) is 28.8. The number of piperidine rings is 1. The molecule has 2 aliphatic heterocycles. The highest BCUT2D eigenvalue weighted by molar-refractivity contribution is 7.85. The average Bonchev–Trinajstić information content (AvgIpc) is 2.95. The van der Waals surface area contributed by atoms with Crippen LogP contribution in [0.4, 0.5) is 18.9 Å². The molecule has 13 heteroatoms. The molecule has 2 fully saturated rings. The van der Waals surface area contributed by atoms with Crippen LogP contribution in [0.15, 0.2) is 48.8 Å². The van der Waals surface area contributed by atoms with Crippen molar-refractivity contribution in [2.24, 2.45) is 5.73 Å². The Labute approximate surface area is 227 Å². The minimum atomic E-state index is -4.19. The van der Waals surface area contributed by atoms with Gasteiger partial charge in [0.25, 0.3) is 5.91 Å². The Morgan fingerprint density at radius 2 is 1.69 bits per heavy atom. The third-order valence-corrected chi connectivity index (χ3v) is 9.21. The number of ether oxygens (including phenoxy) is 1. The van der Waals surface area contributed by atoms with Gasteiger partial charge in [0, 0.05) is 63.8 Å². The summed E-state index contributed by atoms with van der Waals surface area (Å²) >= 11 is 0. The number of hydrogen-bond acceptors (Lipinski definition) is 6. The number of nitrogens with two attached hydrogens (primary N) is 1. The number of carbonyl (C=O) groups excluding carboxylic acids is 2. The second-order valence-corrected chi connectivity index (χ2v) is 11.4. The van der Waals surface area contributed by atoms with Crippen LogP contribution in [-0.2, 0) is 15.8 Å². The van der Waals surface area contributed by atoms with E-state index in [1.807, 2.05) is 12.1 Å². The van der Waals surface area contributed by atoms with E-state index in [1.54, 1.807) is 39.7 Å². The minimum absolute atomic E-state index is 0.0136. The first-order valence-corrected chi connectivity index (χ1v) is 13.9. The number of piperazine rings is 1. The molecule has 0 radical (unpaired) electrons. The number of primary amides is 1. The lowest BCUT2D eigenvalue weighted by Gasteiger charge is -2.43. The Morgan fingerprint density at radius 1 is 1.03 bits per heavy atom. The molecule has 0 aliphatic carbocycles. The Hall–Kier alpha value is -3.19. The summed E-state index contributed by atoms with van der Waals surface area (Å²) in [6.45, 7) is 2.57. The molecule has 2 saturated heterocycles. The summed E-state index contributed by atoms with van der Waals surface area (Å²) in [5.74, 6) is -0.307. The molecule has 0 saturated carbocycles. The molecule has 0 bridgehead atoms. The summed E-state index contributed by atoms with van der Waals surface area (Å²) in [6.07, 6.45) is -1.66. The molecular weight excluding hydrogens is 535 g/mol. The highest BCUT2D eigenvalue weighted by atomic mass is 32.2. The molecule has 0 spiro atoms. The normalized spacial score (nSPS) is 18.9. The molecule has 1 aromatic carbocycles. The van der Waals surface area contributed by atoms with Gasteiger partial charge in [-0.25, -0.2) is 8.51 Å². The van der Waals surface area contributed by atoms with Crippen molar-refractivity contribution in [3.8, 4) is 5.75 Å². The Balaban J connectivity index is 1.29. The van der Waals surface area contributed by atoms with Crippen molar-refractivity contribution in [2.45, 2.75) is 36.6 Å². The third-order valence-electron chi connectivity index (χ3n) is 7.10. The fraction of sp³-hybridized carbons (Fsp3) is 0.500. The molecule has 2 amide bonds. The number of benzene rings is 1. The Bertz CT molecular complexity index is 1150. The Morgan fingerprint density at radius 3 is 2.26 bits per heavy atom. The first-order valence-electron chi connectivity index (χ1n) is 12.8. The zero-order chi connectivity index (χ0) is 28.0. The minimum Gasteiger partial charge on any atom is -0.494 e. The lowest BCUT2D eigenvalue weighted by Crippen LogP contribution is -2.61. The van der Waals surface area contributed by atoms with Crippen LogP contribution in [0.3, 0.4) is 0 Å². The van der Waals surface area contributed by atoms with Crippen molar-refractivity contribution >= 4 is 28.5 Å². The van der Waals surface area contributed by atoms with E-state index in [9.17, 15) is 27.0 Å². The van der Waals surface area contributed by atoms with Crippen LogP contribution in [-0.4, -0.2) is 87.0 Å². The van der Waals surface area contributed by atoms with Gasteiger partial charge in [0.15, 0.2) is 0 Å². The summed E-state index contributed by atoms with van der Waals surface area (Å²) in [5, 5.41) is 0. The highest BCUT2D eigenvalue weighted by Crippen LogP contribution is 2.32. The van der Waals surface area contributed by atoms with Crippen molar-refractivity contribution in [3.63, 3.8) is 0 Å². The second kappa shape index (κ2) is 12.3. The Kier molecular flexibility index (Phi) is 9.11. The van der Waals surface area contributed by atoms with Gasteiger partial charge in [0.05, 0.1) is 12.2 Å². The van der Waals surface area contributed by atoms with Gasteiger partial charge in [0.2, 0.25) is 5.91 Å². The van der Waals surface area contributed by atoms with Gasteiger partial charge in [-0.1, -0.05) is 0 Å². The SMILES string of the molecule is NC(=O)C1(S(=O)N2CCN(c3ccc(OCCCC(F)(F)F)cc3)CC2)CCN(C(=O)c2cccnc2)CC1. The van der Waals surface area contributed by atoms with Gasteiger partial charge in [-0.05, 0) is 55.7 Å². The van der Waals surface area contributed by atoms with Crippen LogP contribution < -0.4 is 15.4 Å². The van der Waals surface area contributed by atoms with Gasteiger partial charge in [-0.15, -0.1) is 0 Å². The van der Waals surface area contributed by atoms with Crippen LogP contribution >= 0.6 is 0 Å². The van der Waals surface area contributed by atoms with Gasteiger partial charge in [-0.3, -0.25) is 14.6 Å². The lowest BCUT2D eigenvalue weighted by atomic mass is 9.94. The maximum atomic E-state index is 13.7. The van der Waals surface area contributed by atoms with E-state index in [2.05, 4.69) is 9.88 Å². The largest absolute Gasteiger partial charge is 0.494 e. The molecule has 1 unspecified atom stereocenters. The number of amides is 2. The quantitative estimate of drug-likeness (QED) is 0.467. The number of likely N-dealkylation sites (tertiary alicyclic amines) is 1. The number of anilines is 1. The molecule has 39 heavy (non-hydrogen) atoms.